The highest BCUT2D eigenvalue weighted by atomic mass is 16.4. The van der Waals surface area contributed by atoms with Gasteiger partial charge in [0, 0.05) is 5.92 Å². The Kier molecular flexibility index (Phi) is 4.42. The molecule has 4 nitrogen and oxygen atoms in total. The Labute approximate surface area is 119 Å². The molecule has 1 fully saturated rings. The molecule has 1 aliphatic carbocycles. The minimum Gasteiger partial charge on any atom is -0.480 e. The molecule has 1 amide bonds. The average Bonchev–Trinajstić information content (AvgIpc) is 3.18. The molecule has 20 heavy (non-hydrogen) atoms. The van der Waals surface area contributed by atoms with Crippen molar-refractivity contribution in [1.82, 2.24) is 5.32 Å². The molecular weight excluding hydrogens is 254 g/mol. The Morgan fingerprint density at radius 1 is 1.30 bits per heavy atom. The fourth-order valence-electron chi connectivity index (χ4n) is 2.53. The minimum absolute atomic E-state index is 0.0774. The molecule has 0 heterocycles. The first-order chi connectivity index (χ1) is 9.49. The molecular formula is C16H21NO3. The molecule has 1 aromatic carbocycles. The molecule has 2 unspecified atom stereocenters. The third-order valence-electron chi connectivity index (χ3n) is 3.68. The van der Waals surface area contributed by atoms with Gasteiger partial charge in [0.1, 0.15) is 6.04 Å². The first-order valence-electron chi connectivity index (χ1n) is 7.07. The number of hydrogen-bond acceptors (Lipinski definition) is 2. The van der Waals surface area contributed by atoms with Gasteiger partial charge >= 0.3 is 5.97 Å². The number of carbonyl (C=O) groups is 2. The highest BCUT2D eigenvalue weighted by Gasteiger charge is 2.44. The maximum Gasteiger partial charge on any atom is 0.326 e. The predicted octanol–water partition coefficient (Wildman–Crippen LogP) is 2.41. The number of amides is 1. The zero-order valence-corrected chi connectivity index (χ0v) is 11.9. The van der Waals surface area contributed by atoms with E-state index in [1.807, 2.05) is 44.2 Å². The van der Waals surface area contributed by atoms with Crippen molar-refractivity contribution in [1.29, 1.82) is 0 Å². The van der Waals surface area contributed by atoms with Crippen molar-refractivity contribution in [3.8, 4) is 0 Å². The van der Waals surface area contributed by atoms with Crippen molar-refractivity contribution in [2.24, 2.45) is 11.8 Å². The summed E-state index contributed by atoms with van der Waals surface area (Å²) in [6.07, 6.45) is 1.27. The van der Waals surface area contributed by atoms with Crippen LogP contribution in [-0.4, -0.2) is 23.0 Å². The van der Waals surface area contributed by atoms with Gasteiger partial charge in [-0.25, -0.2) is 4.79 Å². The van der Waals surface area contributed by atoms with Crippen molar-refractivity contribution in [3.63, 3.8) is 0 Å². The van der Waals surface area contributed by atoms with E-state index < -0.39 is 12.0 Å². The van der Waals surface area contributed by atoms with Crippen LogP contribution in [0, 0.1) is 11.8 Å². The number of aliphatic carboxylic acids is 1. The van der Waals surface area contributed by atoms with Crippen LogP contribution in [0.1, 0.15) is 38.2 Å². The van der Waals surface area contributed by atoms with Gasteiger partial charge in [-0.05, 0) is 30.2 Å². The van der Waals surface area contributed by atoms with E-state index in [1.54, 1.807) is 0 Å². The Morgan fingerprint density at radius 3 is 2.50 bits per heavy atom. The number of carbonyl (C=O) groups excluding carboxylic acids is 1. The van der Waals surface area contributed by atoms with Crippen molar-refractivity contribution < 1.29 is 14.7 Å². The molecule has 4 heteroatoms. The number of carboxylic acid groups (broad SMARTS) is 1. The number of benzene rings is 1. The summed E-state index contributed by atoms with van der Waals surface area (Å²) >= 11 is 0. The summed E-state index contributed by atoms with van der Waals surface area (Å²) < 4.78 is 0. The molecule has 0 aromatic heterocycles. The lowest BCUT2D eigenvalue weighted by Gasteiger charge is -2.16. The normalized spacial score (nSPS) is 22.4. The highest BCUT2D eigenvalue weighted by Crippen LogP contribution is 2.47. The standard InChI is InChI=1S/C16H21NO3/c1-10(2)8-14(16(19)20)17-15(18)13-9-12(13)11-6-4-3-5-7-11/h3-7,10,12-14H,8-9H2,1-2H3,(H,17,18)(H,19,20)/t12?,13?,14-/m1/s1. The summed E-state index contributed by atoms with van der Waals surface area (Å²) in [7, 11) is 0. The number of hydrogen-bond donors (Lipinski definition) is 2. The van der Waals surface area contributed by atoms with E-state index in [-0.39, 0.29) is 23.7 Å². The molecule has 1 saturated carbocycles. The Hall–Kier alpha value is -1.84. The van der Waals surface area contributed by atoms with Gasteiger partial charge in [-0.1, -0.05) is 44.2 Å². The monoisotopic (exact) mass is 275 g/mol. The maximum atomic E-state index is 12.1. The van der Waals surface area contributed by atoms with Crippen LogP contribution < -0.4 is 5.32 Å². The lowest BCUT2D eigenvalue weighted by atomic mass is 10.0. The quantitative estimate of drug-likeness (QED) is 0.837. The third kappa shape index (κ3) is 3.59. The van der Waals surface area contributed by atoms with Gasteiger partial charge in [0.15, 0.2) is 0 Å². The lowest BCUT2D eigenvalue weighted by molar-refractivity contribution is -0.142. The molecule has 0 aliphatic heterocycles. The highest BCUT2D eigenvalue weighted by molar-refractivity contribution is 5.87. The zero-order chi connectivity index (χ0) is 14.7. The van der Waals surface area contributed by atoms with Gasteiger partial charge < -0.3 is 10.4 Å². The average molecular weight is 275 g/mol. The van der Waals surface area contributed by atoms with Crippen molar-refractivity contribution in [2.75, 3.05) is 0 Å². The van der Waals surface area contributed by atoms with E-state index in [1.165, 1.54) is 0 Å². The molecule has 2 N–H and O–H groups in total. The largest absolute Gasteiger partial charge is 0.480 e. The molecule has 0 radical (unpaired) electrons. The second-order valence-corrected chi connectivity index (χ2v) is 5.89. The summed E-state index contributed by atoms with van der Waals surface area (Å²) in [5, 5.41) is 11.8. The Balaban J connectivity index is 1.91. The van der Waals surface area contributed by atoms with E-state index in [4.69, 9.17) is 5.11 Å². The van der Waals surface area contributed by atoms with Gasteiger partial charge in [0.25, 0.3) is 0 Å². The van der Waals surface area contributed by atoms with Crippen LogP contribution in [0.3, 0.4) is 0 Å². The van der Waals surface area contributed by atoms with Crippen LogP contribution in [0.25, 0.3) is 0 Å². The molecule has 3 atom stereocenters. The summed E-state index contributed by atoms with van der Waals surface area (Å²) in [5.74, 6) is -0.688. The number of nitrogens with one attached hydrogen (secondary N) is 1. The van der Waals surface area contributed by atoms with E-state index in [0.717, 1.165) is 12.0 Å². The minimum atomic E-state index is -0.955. The van der Waals surface area contributed by atoms with Gasteiger partial charge in [-0.2, -0.15) is 0 Å². The topological polar surface area (TPSA) is 66.4 Å². The summed E-state index contributed by atoms with van der Waals surface area (Å²) in [4.78, 5) is 23.3. The lowest BCUT2D eigenvalue weighted by Crippen LogP contribution is -2.42. The fraction of sp³-hybridized carbons (Fsp3) is 0.500. The van der Waals surface area contributed by atoms with Crippen LogP contribution >= 0.6 is 0 Å². The summed E-state index contributed by atoms with van der Waals surface area (Å²) in [5.41, 5.74) is 1.16. The van der Waals surface area contributed by atoms with E-state index >= 15 is 0 Å². The van der Waals surface area contributed by atoms with Crippen molar-refractivity contribution in [2.45, 2.75) is 38.6 Å². The van der Waals surface area contributed by atoms with E-state index in [9.17, 15) is 9.59 Å². The number of carboxylic acids is 1. The smallest absolute Gasteiger partial charge is 0.326 e. The maximum absolute atomic E-state index is 12.1. The van der Waals surface area contributed by atoms with Crippen LogP contribution in [0.4, 0.5) is 0 Å². The van der Waals surface area contributed by atoms with Crippen LogP contribution in [-0.2, 0) is 9.59 Å². The third-order valence-corrected chi connectivity index (χ3v) is 3.68. The summed E-state index contributed by atoms with van der Waals surface area (Å²) in [6, 6.07) is 9.12. The zero-order valence-electron chi connectivity index (χ0n) is 11.9. The molecule has 0 saturated heterocycles. The number of rotatable bonds is 6. The van der Waals surface area contributed by atoms with Gasteiger partial charge in [0.2, 0.25) is 5.91 Å². The molecule has 0 spiro atoms. The van der Waals surface area contributed by atoms with Gasteiger partial charge in [-0.3, -0.25) is 4.79 Å². The van der Waals surface area contributed by atoms with E-state index in [0.29, 0.717) is 6.42 Å². The second-order valence-electron chi connectivity index (χ2n) is 5.89. The molecule has 1 aromatic rings. The van der Waals surface area contributed by atoms with Crippen LogP contribution in [0.15, 0.2) is 30.3 Å². The molecule has 0 bridgehead atoms. The summed E-state index contributed by atoms with van der Waals surface area (Å²) in [6.45, 7) is 3.90. The van der Waals surface area contributed by atoms with Gasteiger partial charge in [0.05, 0.1) is 0 Å². The van der Waals surface area contributed by atoms with Crippen molar-refractivity contribution in [3.05, 3.63) is 35.9 Å². The second kappa shape index (κ2) is 6.07. The van der Waals surface area contributed by atoms with E-state index in [2.05, 4.69) is 5.32 Å². The first kappa shape index (κ1) is 14.6. The van der Waals surface area contributed by atoms with Gasteiger partial charge in [-0.15, -0.1) is 0 Å². The van der Waals surface area contributed by atoms with Crippen LogP contribution in [0.5, 0.6) is 0 Å². The SMILES string of the molecule is CC(C)C[C@@H](NC(=O)C1CC1c1ccccc1)C(=O)O. The Bertz CT molecular complexity index is 484. The van der Waals surface area contributed by atoms with Crippen LogP contribution in [0.2, 0.25) is 0 Å². The van der Waals surface area contributed by atoms with Crippen molar-refractivity contribution >= 4 is 11.9 Å². The Morgan fingerprint density at radius 2 is 1.95 bits per heavy atom. The molecule has 1 aliphatic rings. The first-order valence-corrected chi connectivity index (χ1v) is 7.07. The fourth-order valence-corrected chi connectivity index (χ4v) is 2.53. The molecule has 108 valence electrons. The molecule has 2 rings (SSSR count). The predicted molar refractivity (Wildman–Crippen MR) is 76.3 cm³/mol.